The van der Waals surface area contributed by atoms with Gasteiger partial charge in [0.05, 0.1) is 30.1 Å². The lowest BCUT2D eigenvalue weighted by Crippen LogP contribution is -2.01. The molecule has 0 aliphatic carbocycles. The van der Waals surface area contributed by atoms with Gasteiger partial charge in [-0.25, -0.2) is 9.97 Å². The summed E-state index contributed by atoms with van der Waals surface area (Å²) in [7, 11) is 1.86. The SMILES string of the molecule is Cc1cc(-c2nc(Nc3cnn(C)c3)ncc2C)ccc1OCCC#N. The number of rotatable bonds is 6. The minimum Gasteiger partial charge on any atom is -0.492 e. The van der Waals surface area contributed by atoms with E-state index in [4.69, 9.17) is 10.00 Å². The first-order valence-corrected chi connectivity index (χ1v) is 8.27. The number of anilines is 2. The average Bonchev–Trinajstić information content (AvgIpc) is 3.03. The molecule has 26 heavy (non-hydrogen) atoms. The van der Waals surface area contributed by atoms with Crippen molar-refractivity contribution in [3.8, 4) is 23.1 Å². The Morgan fingerprint density at radius 2 is 2.08 bits per heavy atom. The van der Waals surface area contributed by atoms with E-state index in [1.807, 2.05) is 45.3 Å². The highest BCUT2D eigenvalue weighted by atomic mass is 16.5. The third kappa shape index (κ3) is 3.98. The molecule has 7 heteroatoms. The predicted octanol–water partition coefficient (Wildman–Crippen LogP) is 3.53. The van der Waals surface area contributed by atoms with Crippen LogP contribution in [0.25, 0.3) is 11.3 Å². The summed E-state index contributed by atoms with van der Waals surface area (Å²) in [6.07, 6.45) is 5.75. The Morgan fingerprint density at radius 3 is 2.77 bits per heavy atom. The van der Waals surface area contributed by atoms with Crippen molar-refractivity contribution in [3.05, 3.63) is 47.9 Å². The molecule has 0 saturated heterocycles. The monoisotopic (exact) mass is 348 g/mol. The van der Waals surface area contributed by atoms with Crippen LogP contribution in [0.15, 0.2) is 36.8 Å². The van der Waals surface area contributed by atoms with E-state index < -0.39 is 0 Å². The van der Waals surface area contributed by atoms with Gasteiger partial charge in [-0.1, -0.05) is 0 Å². The van der Waals surface area contributed by atoms with Crippen LogP contribution in [0, 0.1) is 25.2 Å². The lowest BCUT2D eigenvalue weighted by Gasteiger charge is -2.11. The average molecular weight is 348 g/mol. The smallest absolute Gasteiger partial charge is 0.227 e. The second-order valence-corrected chi connectivity index (χ2v) is 5.99. The molecule has 132 valence electrons. The summed E-state index contributed by atoms with van der Waals surface area (Å²) in [5, 5.41) is 15.9. The molecule has 1 aromatic carbocycles. The van der Waals surface area contributed by atoms with Crippen LogP contribution in [0.4, 0.5) is 11.6 Å². The van der Waals surface area contributed by atoms with E-state index in [1.54, 1.807) is 17.1 Å². The fourth-order valence-corrected chi connectivity index (χ4v) is 2.57. The molecule has 0 radical (unpaired) electrons. The molecular weight excluding hydrogens is 328 g/mol. The number of nitrogens with one attached hydrogen (secondary N) is 1. The number of aromatic nitrogens is 4. The van der Waals surface area contributed by atoms with Crippen molar-refractivity contribution in [1.82, 2.24) is 19.7 Å². The molecule has 3 rings (SSSR count). The van der Waals surface area contributed by atoms with Gasteiger partial charge in [-0.15, -0.1) is 0 Å². The first kappa shape index (κ1) is 17.4. The number of nitriles is 1. The van der Waals surface area contributed by atoms with E-state index in [2.05, 4.69) is 26.5 Å². The fraction of sp³-hybridized carbons (Fsp3) is 0.263. The van der Waals surface area contributed by atoms with E-state index in [0.29, 0.717) is 19.0 Å². The molecule has 2 heterocycles. The summed E-state index contributed by atoms with van der Waals surface area (Å²) in [5.74, 6) is 1.30. The number of aryl methyl sites for hydroxylation is 3. The summed E-state index contributed by atoms with van der Waals surface area (Å²) < 4.78 is 7.34. The molecule has 2 aromatic heterocycles. The molecule has 0 fully saturated rings. The molecule has 0 amide bonds. The number of hydrogen-bond donors (Lipinski definition) is 1. The van der Waals surface area contributed by atoms with E-state index in [0.717, 1.165) is 33.8 Å². The van der Waals surface area contributed by atoms with Crippen LogP contribution in [0.2, 0.25) is 0 Å². The molecule has 0 spiro atoms. The lowest BCUT2D eigenvalue weighted by atomic mass is 10.0. The van der Waals surface area contributed by atoms with Gasteiger partial charge in [0.1, 0.15) is 12.4 Å². The molecule has 0 aliphatic heterocycles. The maximum absolute atomic E-state index is 8.61. The van der Waals surface area contributed by atoms with Gasteiger partial charge in [0.15, 0.2) is 0 Å². The van der Waals surface area contributed by atoms with Gasteiger partial charge in [-0.05, 0) is 43.2 Å². The Labute approximate surface area is 152 Å². The van der Waals surface area contributed by atoms with Crippen LogP contribution in [-0.4, -0.2) is 26.4 Å². The third-order valence-electron chi connectivity index (χ3n) is 3.85. The zero-order valence-corrected chi connectivity index (χ0v) is 15.0. The highest BCUT2D eigenvalue weighted by Gasteiger charge is 2.10. The van der Waals surface area contributed by atoms with Crippen molar-refractivity contribution in [2.75, 3.05) is 11.9 Å². The van der Waals surface area contributed by atoms with Crippen LogP contribution >= 0.6 is 0 Å². The summed E-state index contributed by atoms with van der Waals surface area (Å²) in [5.41, 5.74) is 4.67. The molecule has 0 unspecified atom stereocenters. The lowest BCUT2D eigenvalue weighted by molar-refractivity contribution is 0.324. The summed E-state index contributed by atoms with van der Waals surface area (Å²) in [6, 6.07) is 7.99. The number of benzene rings is 1. The molecule has 0 saturated carbocycles. The Bertz CT molecular complexity index is 957. The van der Waals surface area contributed by atoms with Crippen LogP contribution in [0.1, 0.15) is 17.5 Å². The molecule has 3 aromatic rings. The minimum absolute atomic E-state index is 0.371. The summed E-state index contributed by atoms with van der Waals surface area (Å²) in [6.45, 7) is 4.36. The van der Waals surface area contributed by atoms with E-state index in [-0.39, 0.29) is 0 Å². The number of hydrogen-bond acceptors (Lipinski definition) is 6. The van der Waals surface area contributed by atoms with Gasteiger partial charge in [0.25, 0.3) is 0 Å². The molecular formula is C19H20N6O. The van der Waals surface area contributed by atoms with E-state index in [1.165, 1.54) is 0 Å². The predicted molar refractivity (Wildman–Crippen MR) is 99.2 cm³/mol. The Kier molecular flexibility index (Phi) is 5.13. The van der Waals surface area contributed by atoms with Gasteiger partial charge in [0.2, 0.25) is 5.95 Å². The maximum atomic E-state index is 8.61. The Hall–Kier alpha value is -3.40. The largest absolute Gasteiger partial charge is 0.492 e. The van der Waals surface area contributed by atoms with Gasteiger partial charge >= 0.3 is 0 Å². The maximum Gasteiger partial charge on any atom is 0.227 e. The van der Waals surface area contributed by atoms with Crippen molar-refractivity contribution in [1.29, 1.82) is 5.26 Å². The van der Waals surface area contributed by atoms with Crippen molar-refractivity contribution < 1.29 is 4.74 Å². The second kappa shape index (κ2) is 7.66. The van der Waals surface area contributed by atoms with Gasteiger partial charge < -0.3 is 10.1 Å². The van der Waals surface area contributed by atoms with Crippen LogP contribution in [0.3, 0.4) is 0 Å². The zero-order chi connectivity index (χ0) is 18.5. The number of ether oxygens (including phenoxy) is 1. The molecule has 0 bridgehead atoms. The van der Waals surface area contributed by atoms with Crippen LogP contribution in [-0.2, 0) is 7.05 Å². The fourth-order valence-electron chi connectivity index (χ4n) is 2.57. The quantitative estimate of drug-likeness (QED) is 0.686. The molecule has 1 N–H and O–H groups in total. The highest BCUT2D eigenvalue weighted by molar-refractivity contribution is 5.66. The summed E-state index contributed by atoms with van der Waals surface area (Å²) >= 11 is 0. The first-order chi connectivity index (χ1) is 12.6. The van der Waals surface area contributed by atoms with Crippen LogP contribution < -0.4 is 10.1 Å². The van der Waals surface area contributed by atoms with Crippen molar-refractivity contribution in [2.45, 2.75) is 20.3 Å². The Balaban J connectivity index is 1.85. The van der Waals surface area contributed by atoms with E-state index >= 15 is 0 Å². The molecule has 7 nitrogen and oxygen atoms in total. The van der Waals surface area contributed by atoms with Crippen LogP contribution in [0.5, 0.6) is 5.75 Å². The van der Waals surface area contributed by atoms with Crippen molar-refractivity contribution in [3.63, 3.8) is 0 Å². The van der Waals surface area contributed by atoms with Crippen molar-refractivity contribution in [2.24, 2.45) is 7.05 Å². The third-order valence-corrected chi connectivity index (χ3v) is 3.85. The second-order valence-electron chi connectivity index (χ2n) is 5.99. The molecule has 0 aliphatic rings. The Morgan fingerprint density at radius 1 is 1.23 bits per heavy atom. The number of nitrogens with zero attached hydrogens (tertiary/aromatic N) is 5. The topological polar surface area (TPSA) is 88.7 Å². The summed E-state index contributed by atoms with van der Waals surface area (Å²) in [4.78, 5) is 8.99. The van der Waals surface area contributed by atoms with Gasteiger partial charge in [-0.2, -0.15) is 10.4 Å². The first-order valence-electron chi connectivity index (χ1n) is 8.27. The minimum atomic E-state index is 0.371. The standard InChI is InChI=1S/C19H20N6O/c1-13-9-15(5-6-17(13)26-8-4-7-20)18-14(2)10-21-19(24-18)23-16-11-22-25(3)12-16/h5-6,9-12H,4,8H2,1-3H3,(H,21,23,24). The zero-order valence-electron chi connectivity index (χ0n) is 15.0. The van der Waals surface area contributed by atoms with Crippen molar-refractivity contribution >= 4 is 11.6 Å². The normalized spacial score (nSPS) is 10.4. The van der Waals surface area contributed by atoms with Gasteiger partial charge in [-0.3, -0.25) is 4.68 Å². The highest BCUT2D eigenvalue weighted by Crippen LogP contribution is 2.28. The van der Waals surface area contributed by atoms with E-state index in [9.17, 15) is 0 Å². The van der Waals surface area contributed by atoms with Gasteiger partial charge in [0, 0.05) is 25.0 Å². The molecule has 0 atom stereocenters.